The van der Waals surface area contributed by atoms with Gasteiger partial charge >= 0.3 is 0 Å². The molecule has 1 unspecified atom stereocenters. The Morgan fingerprint density at radius 2 is 1.80 bits per heavy atom. The van der Waals surface area contributed by atoms with Crippen LogP contribution in [0.3, 0.4) is 0 Å². The average Bonchev–Trinajstić information content (AvgIpc) is 2.69. The summed E-state index contributed by atoms with van der Waals surface area (Å²) in [7, 11) is 1.71. The van der Waals surface area contributed by atoms with Gasteiger partial charge in [-0.15, -0.1) is 0 Å². The summed E-state index contributed by atoms with van der Waals surface area (Å²) in [6, 6.07) is 19.7. The van der Waals surface area contributed by atoms with Gasteiger partial charge in [0.1, 0.15) is 5.75 Å². The minimum Gasteiger partial charge on any atom is -0.497 e. The van der Waals surface area contributed by atoms with E-state index < -0.39 is 0 Å². The number of ether oxygens (including phenoxy) is 1. The lowest BCUT2D eigenvalue weighted by Gasteiger charge is -2.22. The lowest BCUT2D eigenvalue weighted by molar-refractivity contribution is 0.415. The standard InChI is InChI=1S/C23H29NO/c1-25-23-15-13-20(14-16-23)21-11-7-12-22(18-21)24-17-6-5-10-19-8-3-2-4-9-19/h2-4,8-9,13-16,18,22,24H,5-7,10-12,17H2,1H3. The molecule has 2 aromatic carbocycles. The van der Waals surface area contributed by atoms with E-state index in [9.17, 15) is 0 Å². The number of hydrogen-bond acceptors (Lipinski definition) is 2. The van der Waals surface area contributed by atoms with Gasteiger partial charge in [-0.2, -0.15) is 0 Å². The lowest BCUT2D eigenvalue weighted by Crippen LogP contribution is -2.30. The number of unbranched alkanes of at least 4 members (excludes halogenated alkanes) is 1. The van der Waals surface area contributed by atoms with E-state index in [1.807, 2.05) is 0 Å². The molecule has 2 heteroatoms. The molecule has 1 aliphatic rings. The first-order chi connectivity index (χ1) is 12.3. The zero-order valence-electron chi connectivity index (χ0n) is 15.2. The summed E-state index contributed by atoms with van der Waals surface area (Å²) >= 11 is 0. The van der Waals surface area contributed by atoms with Crippen molar-refractivity contribution in [2.24, 2.45) is 0 Å². The minimum absolute atomic E-state index is 0.516. The molecule has 0 aromatic heterocycles. The lowest BCUT2D eigenvalue weighted by atomic mass is 9.91. The molecule has 2 aromatic rings. The first-order valence-electron chi connectivity index (χ1n) is 9.47. The van der Waals surface area contributed by atoms with E-state index in [4.69, 9.17) is 4.74 Å². The van der Waals surface area contributed by atoms with E-state index >= 15 is 0 Å². The zero-order valence-corrected chi connectivity index (χ0v) is 15.2. The van der Waals surface area contributed by atoms with Crippen LogP contribution < -0.4 is 10.1 Å². The molecule has 1 atom stereocenters. The van der Waals surface area contributed by atoms with Gasteiger partial charge in [-0.05, 0) is 73.9 Å². The predicted octanol–water partition coefficient (Wildman–Crippen LogP) is 5.24. The maximum absolute atomic E-state index is 5.25. The summed E-state index contributed by atoms with van der Waals surface area (Å²) in [5, 5.41) is 3.73. The number of allylic oxidation sites excluding steroid dienone is 1. The molecule has 1 aliphatic carbocycles. The van der Waals surface area contributed by atoms with E-state index in [0.717, 1.165) is 12.3 Å². The van der Waals surface area contributed by atoms with Crippen LogP contribution in [-0.4, -0.2) is 19.7 Å². The van der Waals surface area contributed by atoms with Crippen molar-refractivity contribution in [2.45, 2.75) is 44.6 Å². The summed E-state index contributed by atoms with van der Waals surface area (Å²) in [4.78, 5) is 0. The van der Waals surface area contributed by atoms with Gasteiger partial charge in [-0.25, -0.2) is 0 Å². The van der Waals surface area contributed by atoms with Crippen LogP contribution in [0.15, 0.2) is 60.7 Å². The summed E-state index contributed by atoms with van der Waals surface area (Å²) in [5.74, 6) is 0.924. The van der Waals surface area contributed by atoms with E-state index in [2.05, 4.69) is 66.0 Å². The third-order valence-electron chi connectivity index (χ3n) is 4.97. The van der Waals surface area contributed by atoms with Gasteiger partial charge in [0.2, 0.25) is 0 Å². The first-order valence-corrected chi connectivity index (χ1v) is 9.47. The van der Waals surface area contributed by atoms with Gasteiger partial charge in [0.05, 0.1) is 7.11 Å². The highest BCUT2D eigenvalue weighted by molar-refractivity contribution is 5.67. The van der Waals surface area contributed by atoms with Gasteiger partial charge < -0.3 is 10.1 Å². The van der Waals surface area contributed by atoms with Crippen LogP contribution in [0.5, 0.6) is 5.75 Å². The van der Waals surface area contributed by atoms with Crippen LogP contribution in [0.4, 0.5) is 0 Å². The summed E-state index contributed by atoms with van der Waals surface area (Å²) in [6.07, 6.45) is 9.79. The Hall–Kier alpha value is -2.06. The maximum Gasteiger partial charge on any atom is 0.118 e. The molecule has 0 spiro atoms. The van der Waals surface area contributed by atoms with Gasteiger partial charge in [-0.1, -0.05) is 48.5 Å². The van der Waals surface area contributed by atoms with Crippen LogP contribution in [0.25, 0.3) is 5.57 Å². The third-order valence-corrected chi connectivity index (χ3v) is 4.97. The summed E-state index contributed by atoms with van der Waals surface area (Å²) in [5.41, 5.74) is 4.24. The number of benzene rings is 2. The molecule has 0 saturated carbocycles. The highest BCUT2D eigenvalue weighted by Crippen LogP contribution is 2.28. The number of methoxy groups -OCH3 is 1. The van der Waals surface area contributed by atoms with Gasteiger partial charge in [0, 0.05) is 6.04 Å². The SMILES string of the molecule is COc1ccc(C2=CC(NCCCCc3ccccc3)CCC2)cc1. The number of aryl methyl sites for hydroxylation is 1. The van der Waals surface area contributed by atoms with Crippen molar-refractivity contribution in [1.82, 2.24) is 5.32 Å². The van der Waals surface area contributed by atoms with E-state index in [1.54, 1.807) is 7.11 Å². The van der Waals surface area contributed by atoms with Crippen LogP contribution in [0, 0.1) is 0 Å². The fourth-order valence-electron chi connectivity index (χ4n) is 3.51. The van der Waals surface area contributed by atoms with Gasteiger partial charge in [0.15, 0.2) is 0 Å². The fourth-order valence-corrected chi connectivity index (χ4v) is 3.51. The summed E-state index contributed by atoms with van der Waals surface area (Å²) in [6.45, 7) is 1.10. The Kier molecular flexibility index (Phi) is 6.70. The molecule has 0 aliphatic heterocycles. The molecule has 132 valence electrons. The first kappa shape index (κ1) is 17.8. The van der Waals surface area contributed by atoms with Crippen molar-refractivity contribution in [3.05, 3.63) is 71.8 Å². The van der Waals surface area contributed by atoms with Crippen molar-refractivity contribution >= 4 is 5.57 Å². The monoisotopic (exact) mass is 335 g/mol. The normalized spacial score (nSPS) is 17.2. The molecule has 0 bridgehead atoms. The molecular formula is C23H29NO. The Morgan fingerprint density at radius 3 is 2.56 bits per heavy atom. The quantitative estimate of drug-likeness (QED) is 0.666. The van der Waals surface area contributed by atoms with Crippen molar-refractivity contribution in [3.8, 4) is 5.75 Å². The molecular weight excluding hydrogens is 306 g/mol. The molecule has 0 saturated heterocycles. The second kappa shape index (κ2) is 9.43. The molecule has 0 radical (unpaired) electrons. The Labute approximate surface area is 151 Å². The molecule has 2 nitrogen and oxygen atoms in total. The smallest absolute Gasteiger partial charge is 0.118 e. The molecule has 0 fully saturated rings. The topological polar surface area (TPSA) is 21.3 Å². The second-order valence-electron chi connectivity index (χ2n) is 6.82. The fraction of sp³-hybridized carbons (Fsp3) is 0.391. The third kappa shape index (κ3) is 5.47. The number of nitrogens with one attached hydrogen (secondary N) is 1. The second-order valence-corrected chi connectivity index (χ2v) is 6.82. The van der Waals surface area contributed by atoms with Crippen molar-refractivity contribution < 1.29 is 4.74 Å². The number of hydrogen-bond donors (Lipinski definition) is 1. The largest absolute Gasteiger partial charge is 0.497 e. The van der Waals surface area contributed by atoms with E-state index in [1.165, 1.54) is 55.2 Å². The van der Waals surface area contributed by atoms with Gasteiger partial charge in [0.25, 0.3) is 0 Å². The maximum atomic E-state index is 5.25. The Balaban J connectivity index is 1.44. The highest BCUT2D eigenvalue weighted by atomic mass is 16.5. The molecule has 0 heterocycles. The highest BCUT2D eigenvalue weighted by Gasteiger charge is 2.14. The zero-order chi connectivity index (χ0) is 17.3. The van der Waals surface area contributed by atoms with Crippen LogP contribution in [0.1, 0.15) is 43.2 Å². The van der Waals surface area contributed by atoms with Gasteiger partial charge in [-0.3, -0.25) is 0 Å². The van der Waals surface area contributed by atoms with Crippen molar-refractivity contribution in [2.75, 3.05) is 13.7 Å². The van der Waals surface area contributed by atoms with Crippen LogP contribution in [0.2, 0.25) is 0 Å². The minimum atomic E-state index is 0.516. The Morgan fingerprint density at radius 1 is 1.00 bits per heavy atom. The predicted molar refractivity (Wildman–Crippen MR) is 106 cm³/mol. The summed E-state index contributed by atoms with van der Waals surface area (Å²) < 4.78 is 5.25. The van der Waals surface area contributed by atoms with E-state index in [0.29, 0.717) is 6.04 Å². The van der Waals surface area contributed by atoms with Crippen molar-refractivity contribution in [1.29, 1.82) is 0 Å². The van der Waals surface area contributed by atoms with Crippen LogP contribution >= 0.6 is 0 Å². The molecule has 0 amide bonds. The molecule has 25 heavy (non-hydrogen) atoms. The molecule has 1 N–H and O–H groups in total. The van der Waals surface area contributed by atoms with Crippen LogP contribution in [-0.2, 0) is 6.42 Å². The van der Waals surface area contributed by atoms with E-state index in [-0.39, 0.29) is 0 Å². The number of rotatable bonds is 8. The van der Waals surface area contributed by atoms with Crippen molar-refractivity contribution in [3.63, 3.8) is 0 Å². The molecule has 3 rings (SSSR count). The Bertz CT molecular complexity index is 660. The average molecular weight is 335 g/mol.